The second-order valence-corrected chi connectivity index (χ2v) is 8.39. The molecule has 2 N–H and O–H groups in total. The Morgan fingerprint density at radius 1 is 1.21 bits per heavy atom. The van der Waals surface area contributed by atoms with E-state index in [1.807, 2.05) is 12.1 Å². The number of aromatic nitrogens is 3. The molecule has 0 bridgehead atoms. The molecule has 0 spiro atoms. The lowest BCUT2D eigenvalue weighted by Gasteiger charge is -2.17. The molecule has 0 saturated carbocycles. The van der Waals surface area contributed by atoms with Gasteiger partial charge in [0.1, 0.15) is 5.75 Å². The van der Waals surface area contributed by atoms with Gasteiger partial charge in [-0.15, -0.1) is 0 Å². The summed E-state index contributed by atoms with van der Waals surface area (Å²) in [5.74, 6) is -1.22. The van der Waals surface area contributed by atoms with Gasteiger partial charge in [0.25, 0.3) is 0 Å². The van der Waals surface area contributed by atoms with Gasteiger partial charge >= 0.3 is 17.3 Å². The number of carbonyl (C=O) groups is 1. The average molecular weight is 471 g/mol. The second kappa shape index (κ2) is 9.50. The van der Waals surface area contributed by atoms with E-state index in [4.69, 9.17) is 16.3 Å². The van der Waals surface area contributed by atoms with Crippen LogP contribution in [0.25, 0.3) is 0 Å². The van der Waals surface area contributed by atoms with Gasteiger partial charge in [-0.1, -0.05) is 30.7 Å². The predicted molar refractivity (Wildman–Crippen MR) is 122 cm³/mol. The molecule has 10 heteroatoms. The fraction of sp³-hybridized carbons (Fsp3) is 0.304. The third-order valence-electron chi connectivity index (χ3n) is 5.44. The van der Waals surface area contributed by atoms with Crippen LogP contribution in [0.2, 0.25) is 5.02 Å². The van der Waals surface area contributed by atoms with Crippen LogP contribution in [-0.2, 0) is 24.3 Å². The van der Waals surface area contributed by atoms with Crippen LogP contribution in [0.4, 0.5) is 5.69 Å². The lowest BCUT2D eigenvalue weighted by molar-refractivity contribution is -0.141. The molecule has 9 nitrogen and oxygen atoms in total. The minimum absolute atomic E-state index is 0.0656. The molecule has 4 rings (SSSR count). The van der Waals surface area contributed by atoms with E-state index >= 15 is 0 Å². The number of aryl methyl sites for hydroxylation is 1. The van der Waals surface area contributed by atoms with Crippen LogP contribution in [0.3, 0.4) is 0 Å². The fourth-order valence-corrected chi connectivity index (χ4v) is 3.73. The quantitative estimate of drug-likeness (QED) is 0.573. The van der Waals surface area contributed by atoms with Crippen molar-refractivity contribution in [1.82, 2.24) is 14.1 Å². The molecule has 2 heterocycles. The molecule has 0 unspecified atom stereocenters. The molecule has 1 aliphatic rings. The van der Waals surface area contributed by atoms with Crippen LogP contribution in [0.1, 0.15) is 24.5 Å². The number of H-pyrrole nitrogens is 1. The van der Waals surface area contributed by atoms with Crippen molar-refractivity contribution in [2.45, 2.75) is 32.9 Å². The van der Waals surface area contributed by atoms with E-state index in [9.17, 15) is 19.5 Å². The van der Waals surface area contributed by atoms with Gasteiger partial charge in [0, 0.05) is 11.6 Å². The summed E-state index contributed by atoms with van der Waals surface area (Å²) in [6.07, 6.45) is 1.76. The zero-order chi connectivity index (χ0) is 23.5. The molecular weight excluding hydrogens is 448 g/mol. The van der Waals surface area contributed by atoms with Crippen molar-refractivity contribution in [1.29, 1.82) is 0 Å². The Morgan fingerprint density at radius 3 is 2.70 bits per heavy atom. The maximum absolute atomic E-state index is 13.3. The number of nitrogens with zero attached hydrogens (tertiary/aromatic N) is 3. The van der Waals surface area contributed by atoms with Crippen LogP contribution in [0.5, 0.6) is 5.75 Å². The number of nitrogens with one attached hydrogen (secondary N) is 1. The van der Waals surface area contributed by atoms with Crippen molar-refractivity contribution in [2.24, 2.45) is 10.9 Å². The molecule has 1 aliphatic heterocycles. The molecule has 172 valence electrons. The minimum atomic E-state index is -1.10. The first-order valence-electron chi connectivity index (χ1n) is 10.5. The summed E-state index contributed by atoms with van der Waals surface area (Å²) >= 11 is 5.97. The molecule has 0 radical (unpaired) electrons. The highest BCUT2D eigenvalue weighted by Crippen LogP contribution is 2.28. The summed E-state index contributed by atoms with van der Waals surface area (Å²) in [6.45, 7) is 1.96. The Labute approximate surface area is 193 Å². The standard InChI is InChI=1S/C23H23ClN4O5/c1-14(20(29)30)12-28-22(31)26-21(25-18-8-9-19-16(11-18)3-2-10-33-19)27(23(28)32)13-15-4-6-17(24)7-5-15/h4-9,11,14H,2-3,10,12-13H2,1H3,(H,29,30)(H,25,26,31)/t14-/m0/s1. The second-order valence-electron chi connectivity index (χ2n) is 7.95. The molecule has 0 fully saturated rings. The van der Waals surface area contributed by atoms with Crippen molar-refractivity contribution in [3.63, 3.8) is 0 Å². The smallest absolute Gasteiger partial charge is 0.335 e. The molecule has 0 aliphatic carbocycles. The zero-order valence-electron chi connectivity index (χ0n) is 18.0. The number of rotatable bonds is 6. The lowest BCUT2D eigenvalue weighted by Crippen LogP contribution is -2.51. The SMILES string of the molecule is C[C@@H](Cn1c(=O)[nH]/c(=N\c2ccc3c(c2)CCCO3)n(Cc2ccc(Cl)cc2)c1=O)C(=O)O. The van der Waals surface area contributed by atoms with Gasteiger partial charge in [-0.05, 0) is 54.3 Å². The Kier molecular flexibility index (Phi) is 6.50. The Balaban J connectivity index is 1.85. The normalized spacial score (nSPS) is 14.4. The molecule has 0 saturated heterocycles. The molecule has 2 aromatic carbocycles. The van der Waals surface area contributed by atoms with Crippen LogP contribution < -0.4 is 21.7 Å². The number of carboxylic acids is 1. The topological polar surface area (TPSA) is 119 Å². The van der Waals surface area contributed by atoms with Gasteiger partial charge in [0.15, 0.2) is 0 Å². The molecule has 1 aromatic heterocycles. The lowest BCUT2D eigenvalue weighted by atomic mass is 10.1. The first-order valence-corrected chi connectivity index (χ1v) is 10.9. The maximum atomic E-state index is 13.3. The van der Waals surface area contributed by atoms with E-state index in [-0.39, 0.29) is 18.7 Å². The van der Waals surface area contributed by atoms with Crippen LogP contribution in [0.15, 0.2) is 57.0 Å². The van der Waals surface area contributed by atoms with E-state index in [0.717, 1.165) is 34.3 Å². The van der Waals surface area contributed by atoms with Gasteiger partial charge in [-0.3, -0.25) is 14.3 Å². The zero-order valence-corrected chi connectivity index (χ0v) is 18.7. The summed E-state index contributed by atoms with van der Waals surface area (Å²) in [4.78, 5) is 44.4. The highest BCUT2D eigenvalue weighted by molar-refractivity contribution is 6.30. The maximum Gasteiger partial charge on any atom is 0.335 e. The summed E-state index contributed by atoms with van der Waals surface area (Å²) in [6, 6.07) is 12.4. The monoisotopic (exact) mass is 470 g/mol. The molecular formula is C23H23ClN4O5. The van der Waals surface area contributed by atoms with Crippen molar-refractivity contribution in [3.8, 4) is 5.75 Å². The van der Waals surface area contributed by atoms with E-state index in [1.54, 1.807) is 30.3 Å². The Hall–Kier alpha value is -3.59. The average Bonchev–Trinajstić information content (AvgIpc) is 2.80. The molecule has 33 heavy (non-hydrogen) atoms. The fourth-order valence-electron chi connectivity index (χ4n) is 3.61. The van der Waals surface area contributed by atoms with E-state index in [2.05, 4.69) is 9.98 Å². The molecule has 1 atom stereocenters. The number of aliphatic carboxylic acids is 1. The number of ether oxygens (including phenoxy) is 1. The van der Waals surface area contributed by atoms with Crippen molar-refractivity contribution in [3.05, 3.63) is 85.2 Å². The highest BCUT2D eigenvalue weighted by atomic mass is 35.5. The summed E-state index contributed by atoms with van der Waals surface area (Å²) in [7, 11) is 0. The summed E-state index contributed by atoms with van der Waals surface area (Å²) < 4.78 is 7.83. The molecule has 0 amide bonds. The van der Waals surface area contributed by atoms with Crippen LogP contribution in [0, 0.1) is 5.92 Å². The van der Waals surface area contributed by atoms with Crippen molar-refractivity contribution >= 4 is 23.3 Å². The molecule has 3 aromatic rings. The van der Waals surface area contributed by atoms with Gasteiger partial charge in [0.2, 0.25) is 5.62 Å². The number of halogens is 1. The van der Waals surface area contributed by atoms with Crippen molar-refractivity contribution in [2.75, 3.05) is 6.61 Å². The Bertz CT molecular complexity index is 1370. The first kappa shape index (κ1) is 22.6. The Morgan fingerprint density at radius 2 is 1.97 bits per heavy atom. The number of benzene rings is 2. The highest BCUT2D eigenvalue weighted by Gasteiger charge is 2.17. The van der Waals surface area contributed by atoms with Gasteiger partial charge in [-0.25, -0.2) is 19.1 Å². The van der Waals surface area contributed by atoms with Gasteiger partial charge in [0.05, 0.1) is 24.8 Å². The van der Waals surface area contributed by atoms with Gasteiger partial charge < -0.3 is 9.84 Å². The van der Waals surface area contributed by atoms with E-state index in [0.29, 0.717) is 17.3 Å². The number of hydrogen-bond acceptors (Lipinski definition) is 5. The number of hydrogen-bond donors (Lipinski definition) is 2. The largest absolute Gasteiger partial charge is 0.493 e. The minimum Gasteiger partial charge on any atom is -0.493 e. The first-order chi connectivity index (χ1) is 15.8. The number of fused-ring (bicyclic) bond motifs is 1. The van der Waals surface area contributed by atoms with E-state index < -0.39 is 23.3 Å². The van der Waals surface area contributed by atoms with Crippen molar-refractivity contribution < 1.29 is 14.6 Å². The summed E-state index contributed by atoms with van der Waals surface area (Å²) in [5.41, 5.74) is 1.04. The summed E-state index contributed by atoms with van der Waals surface area (Å²) in [5, 5.41) is 9.78. The van der Waals surface area contributed by atoms with Gasteiger partial charge in [-0.2, -0.15) is 0 Å². The van der Waals surface area contributed by atoms with E-state index in [1.165, 1.54) is 11.5 Å². The predicted octanol–water partition coefficient (Wildman–Crippen LogP) is 2.32. The van der Waals surface area contributed by atoms with Crippen LogP contribution in [-0.4, -0.2) is 31.8 Å². The number of aromatic amines is 1. The van der Waals surface area contributed by atoms with Crippen LogP contribution >= 0.6 is 11.6 Å². The third kappa shape index (κ3) is 5.09. The third-order valence-corrected chi connectivity index (χ3v) is 5.69. The number of carboxylic acid groups (broad SMARTS) is 1.